The molecule has 1 aliphatic rings. The van der Waals surface area contributed by atoms with Crippen molar-refractivity contribution in [1.29, 1.82) is 0 Å². The van der Waals surface area contributed by atoms with E-state index in [2.05, 4.69) is 49.3 Å². The quantitative estimate of drug-likeness (QED) is 0.350. The second-order valence-corrected chi connectivity index (χ2v) is 7.36. The second kappa shape index (κ2) is 11.4. The van der Waals surface area contributed by atoms with Gasteiger partial charge in [-0.3, -0.25) is 4.99 Å². The number of halogens is 1. The van der Waals surface area contributed by atoms with E-state index in [-0.39, 0.29) is 24.0 Å². The lowest BCUT2D eigenvalue weighted by Crippen LogP contribution is -2.43. The first-order valence-electron chi connectivity index (χ1n) is 9.88. The molecule has 154 valence electrons. The smallest absolute Gasteiger partial charge is 0.193 e. The standard InChI is InChI=1S/C21H32N6.HI/c1-22-21(23-13-14-26(2)18-11-7-8-12-18)27(3)16-20-24-15-19(25-20)17-9-5-4-6-10-17;/h4-6,9-10,15,18H,7-8,11-14,16H2,1-3H3,(H,22,23)(H,24,25);1H. The largest absolute Gasteiger partial charge is 0.355 e. The van der Waals surface area contributed by atoms with Crippen LogP contribution in [0.1, 0.15) is 31.5 Å². The Morgan fingerprint density at radius 1 is 1.21 bits per heavy atom. The van der Waals surface area contributed by atoms with E-state index < -0.39 is 0 Å². The number of guanidine groups is 1. The summed E-state index contributed by atoms with van der Waals surface area (Å²) >= 11 is 0. The Morgan fingerprint density at radius 3 is 2.61 bits per heavy atom. The van der Waals surface area contributed by atoms with Crippen LogP contribution in [0.3, 0.4) is 0 Å². The van der Waals surface area contributed by atoms with Gasteiger partial charge in [-0.05, 0) is 25.5 Å². The number of nitrogens with one attached hydrogen (secondary N) is 2. The number of likely N-dealkylation sites (N-methyl/N-ethyl adjacent to an activating group) is 1. The lowest BCUT2D eigenvalue weighted by molar-refractivity contribution is 0.248. The van der Waals surface area contributed by atoms with Crippen molar-refractivity contribution in [2.24, 2.45) is 4.99 Å². The summed E-state index contributed by atoms with van der Waals surface area (Å²) < 4.78 is 0. The molecule has 1 heterocycles. The Labute approximate surface area is 185 Å². The van der Waals surface area contributed by atoms with E-state index in [4.69, 9.17) is 0 Å². The van der Waals surface area contributed by atoms with Crippen LogP contribution in [0.5, 0.6) is 0 Å². The maximum absolute atomic E-state index is 4.52. The summed E-state index contributed by atoms with van der Waals surface area (Å²) in [5.74, 6) is 1.83. The van der Waals surface area contributed by atoms with Crippen LogP contribution in [-0.4, -0.2) is 66.0 Å². The maximum atomic E-state index is 4.52. The van der Waals surface area contributed by atoms with Gasteiger partial charge >= 0.3 is 0 Å². The van der Waals surface area contributed by atoms with Crippen LogP contribution in [0.2, 0.25) is 0 Å². The number of H-pyrrole nitrogens is 1. The van der Waals surface area contributed by atoms with Gasteiger partial charge in [0.2, 0.25) is 0 Å². The summed E-state index contributed by atoms with van der Waals surface area (Å²) in [7, 11) is 6.11. The third kappa shape index (κ3) is 6.20. The van der Waals surface area contributed by atoms with Crippen molar-refractivity contribution in [2.45, 2.75) is 38.3 Å². The first kappa shape index (κ1) is 22.7. The van der Waals surface area contributed by atoms with Gasteiger partial charge in [0.25, 0.3) is 0 Å². The fourth-order valence-electron chi connectivity index (χ4n) is 3.76. The molecule has 0 unspecified atom stereocenters. The van der Waals surface area contributed by atoms with E-state index >= 15 is 0 Å². The molecule has 0 bridgehead atoms. The number of nitrogens with zero attached hydrogens (tertiary/aromatic N) is 4. The van der Waals surface area contributed by atoms with Gasteiger partial charge in [0, 0.05) is 33.2 Å². The van der Waals surface area contributed by atoms with Gasteiger partial charge in [-0.25, -0.2) is 4.98 Å². The minimum Gasteiger partial charge on any atom is -0.355 e. The summed E-state index contributed by atoms with van der Waals surface area (Å²) in [5, 5.41) is 3.47. The zero-order chi connectivity index (χ0) is 19.1. The molecule has 0 aliphatic heterocycles. The Morgan fingerprint density at radius 2 is 1.93 bits per heavy atom. The van der Waals surface area contributed by atoms with Gasteiger partial charge in [0.15, 0.2) is 5.96 Å². The summed E-state index contributed by atoms with van der Waals surface area (Å²) in [6.45, 7) is 2.62. The minimum atomic E-state index is 0. The van der Waals surface area contributed by atoms with Gasteiger partial charge in [-0.15, -0.1) is 24.0 Å². The molecule has 0 atom stereocenters. The third-order valence-electron chi connectivity index (χ3n) is 5.37. The number of benzene rings is 1. The van der Waals surface area contributed by atoms with E-state index in [1.807, 2.05) is 38.5 Å². The summed E-state index contributed by atoms with van der Waals surface area (Å²) in [4.78, 5) is 16.9. The van der Waals surface area contributed by atoms with E-state index in [1.54, 1.807) is 0 Å². The number of aromatic amines is 1. The summed E-state index contributed by atoms with van der Waals surface area (Å²) in [6.07, 6.45) is 7.33. The lowest BCUT2D eigenvalue weighted by atomic mass is 10.2. The molecule has 3 rings (SSSR count). The molecule has 2 aromatic rings. The molecule has 6 nitrogen and oxygen atoms in total. The number of aliphatic imine (C=N–C) groups is 1. The lowest BCUT2D eigenvalue weighted by Gasteiger charge is -2.26. The minimum absolute atomic E-state index is 0. The molecule has 1 saturated carbocycles. The molecule has 1 aromatic carbocycles. The van der Waals surface area contributed by atoms with Crippen molar-refractivity contribution >= 4 is 29.9 Å². The van der Waals surface area contributed by atoms with Gasteiger partial charge in [0.05, 0.1) is 18.4 Å². The van der Waals surface area contributed by atoms with E-state index in [0.717, 1.165) is 42.2 Å². The van der Waals surface area contributed by atoms with E-state index in [9.17, 15) is 0 Å². The highest BCUT2D eigenvalue weighted by molar-refractivity contribution is 14.0. The molecule has 0 radical (unpaired) electrons. The second-order valence-electron chi connectivity index (χ2n) is 7.36. The van der Waals surface area contributed by atoms with Crippen molar-refractivity contribution < 1.29 is 0 Å². The van der Waals surface area contributed by atoms with Crippen molar-refractivity contribution in [3.05, 3.63) is 42.4 Å². The van der Waals surface area contributed by atoms with Crippen LogP contribution in [0, 0.1) is 0 Å². The first-order valence-corrected chi connectivity index (χ1v) is 9.88. The highest BCUT2D eigenvalue weighted by Gasteiger charge is 2.19. The number of hydrogen-bond acceptors (Lipinski definition) is 3. The molecular formula is C21H33IN6. The van der Waals surface area contributed by atoms with Crippen LogP contribution in [0.4, 0.5) is 0 Å². The monoisotopic (exact) mass is 496 g/mol. The predicted octanol–water partition coefficient (Wildman–Crippen LogP) is 3.58. The number of rotatable bonds is 7. The average Bonchev–Trinajstić information content (AvgIpc) is 3.38. The van der Waals surface area contributed by atoms with Gasteiger partial charge in [-0.1, -0.05) is 43.2 Å². The fourth-order valence-corrected chi connectivity index (χ4v) is 3.76. The van der Waals surface area contributed by atoms with Crippen LogP contribution in [0.25, 0.3) is 11.3 Å². The highest BCUT2D eigenvalue weighted by atomic mass is 127. The van der Waals surface area contributed by atoms with Crippen LogP contribution in [0.15, 0.2) is 41.5 Å². The predicted molar refractivity (Wildman–Crippen MR) is 127 cm³/mol. The molecule has 2 N–H and O–H groups in total. The van der Waals surface area contributed by atoms with Gasteiger partial charge < -0.3 is 20.1 Å². The summed E-state index contributed by atoms with van der Waals surface area (Å²) in [6, 6.07) is 11.0. The molecule has 7 heteroatoms. The van der Waals surface area contributed by atoms with Crippen molar-refractivity contribution in [2.75, 3.05) is 34.2 Å². The molecule has 1 aliphatic carbocycles. The Kier molecular flexibility index (Phi) is 9.24. The molecule has 28 heavy (non-hydrogen) atoms. The number of aromatic nitrogens is 2. The molecule has 0 saturated heterocycles. The van der Waals surface area contributed by atoms with Crippen LogP contribution in [-0.2, 0) is 6.54 Å². The summed E-state index contributed by atoms with van der Waals surface area (Å²) in [5.41, 5.74) is 2.19. The zero-order valence-corrected chi connectivity index (χ0v) is 19.5. The Hall–Kier alpha value is -1.61. The maximum Gasteiger partial charge on any atom is 0.193 e. The first-order chi connectivity index (χ1) is 13.2. The number of imidazole rings is 1. The van der Waals surface area contributed by atoms with Crippen LogP contribution >= 0.6 is 24.0 Å². The van der Waals surface area contributed by atoms with E-state index in [1.165, 1.54) is 25.7 Å². The average molecular weight is 496 g/mol. The number of hydrogen-bond donors (Lipinski definition) is 2. The van der Waals surface area contributed by atoms with Gasteiger partial charge in [-0.2, -0.15) is 0 Å². The molecule has 1 fully saturated rings. The highest BCUT2D eigenvalue weighted by Crippen LogP contribution is 2.21. The van der Waals surface area contributed by atoms with E-state index in [0.29, 0.717) is 6.54 Å². The van der Waals surface area contributed by atoms with Crippen molar-refractivity contribution in [3.63, 3.8) is 0 Å². The zero-order valence-electron chi connectivity index (χ0n) is 17.2. The van der Waals surface area contributed by atoms with Gasteiger partial charge in [0.1, 0.15) is 5.82 Å². The fraction of sp³-hybridized carbons (Fsp3) is 0.524. The van der Waals surface area contributed by atoms with Crippen molar-refractivity contribution in [3.8, 4) is 11.3 Å². The third-order valence-corrected chi connectivity index (χ3v) is 5.37. The Bertz CT molecular complexity index is 724. The normalized spacial score (nSPS) is 14.9. The molecule has 0 amide bonds. The van der Waals surface area contributed by atoms with Crippen LogP contribution < -0.4 is 5.32 Å². The molecule has 0 spiro atoms. The SMILES string of the molecule is CN=C(NCCN(C)C1CCCC1)N(C)Cc1ncc(-c2ccccc2)[nH]1.I. The Balaban J connectivity index is 0.00000280. The topological polar surface area (TPSA) is 59.6 Å². The van der Waals surface area contributed by atoms with Crippen molar-refractivity contribution in [1.82, 2.24) is 25.1 Å². The molecular weight excluding hydrogens is 463 g/mol. The molecule has 1 aromatic heterocycles.